The monoisotopic (exact) mass is 356 g/mol. The van der Waals surface area contributed by atoms with Crippen molar-refractivity contribution in [1.82, 2.24) is 9.88 Å². The number of nitrogens with zero attached hydrogens (tertiary/aromatic N) is 2. The molecular weight excluding hydrogens is 347 g/mol. The Morgan fingerprint density at radius 1 is 1.40 bits per heavy atom. The lowest BCUT2D eigenvalue weighted by Gasteiger charge is -2.18. The first-order valence-electron chi connectivity index (χ1n) is 5.79. The Labute approximate surface area is 129 Å². The predicted molar refractivity (Wildman–Crippen MR) is 79.1 cm³/mol. The van der Waals surface area contributed by atoms with Crippen molar-refractivity contribution < 1.29 is 9.18 Å². The molecule has 20 heavy (non-hydrogen) atoms. The Bertz CT molecular complexity index is 613. The largest absolute Gasteiger partial charge is 0.336 e. The topological polar surface area (TPSA) is 33.2 Å². The highest BCUT2D eigenvalue weighted by Crippen LogP contribution is 2.21. The molecule has 0 aliphatic heterocycles. The van der Waals surface area contributed by atoms with E-state index in [1.54, 1.807) is 25.2 Å². The van der Waals surface area contributed by atoms with Gasteiger partial charge in [0, 0.05) is 28.3 Å². The lowest BCUT2D eigenvalue weighted by molar-refractivity contribution is 0.0778. The van der Waals surface area contributed by atoms with Gasteiger partial charge in [-0.2, -0.15) is 0 Å². The number of hydrogen-bond acceptors (Lipinski definition) is 2. The number of halogens is 3. The number of amides is 1. The van der Waals surface area contributed by atoms with Crippen LogP contribution in [0.5, 0.6) is 0 Å². The fourth-order valence-electron chi connectivity index (χ4n) is 1.69. The number of benzene rings is 1. The number of carbonyl (C=O) groups excluding carboxylic acids is 1. The van der Waals surface area contributed by atoms with Crippen molar-refractivity contribution in [3.63, 3.8) is 0 Å². The van der Waals surface area contributed by atoms with E-state index in [-0.39, 0.29) is 12.5 Å². The molecule has 104 valence electrons. The van der Waals surface area contributed by atoms with E-state index in [9.17, 15) is 9.18 Å². The lowest BCUT2D eigenvalue weighted by atomic mass is 10.2. The molecule has 0 radical (unpaired) electrons. The molecule has 1 heterocycles. The molecule has 0 atom stereocenters. The number of pyridine rings is 1. The summed E-state index contributed by atoms with van der Waals surface area (Å²) in [5, 5.41) is 0.299. The van der Waals surface area contributed by atoms with Gasteiger partial charge in [-0.1, -0.05) is 17.7 Å². The summed E-state index contributed by atoms with van der Waals surface area (Å²) in [6, 6.07) is 7.77. The molecule has 0 aliphatic rings. The third-order valence-electron chi connectivity index (χ3n) is 2.75. The Morgan fingerprint density at radius 2 is 2.15 bits per heavy atom. The average Bonchev–Trinajstić information content (AvgIpc) is 2.43. The molecule has 0 saturated carbocycles. The van der Waals surface area contributed by atoms with Crippen LogP contribution in [0.1, 0.15) is 16.1 Å². The van der Waals surface area contributed by atoms with Gasteiger partial charge in [0.25, 0.3) is 5.91 Å². The van der Waals surface area contributed by atoms with Gasteiger partial charge in [-0.25, -0.2) is 9.37 Å². The summed E-state index contributed by atoms with van der Waals surface area (Å²) in [7, 11) is 1.58. The highest BCUT2D eigenvalue weighted by atomic mass is 79.9. The van der Waals surface area contributed by atoms with Crippen LogP contribution < -0.4 is 0 Å². The fourth-order valence-corrected chi connectivity index (χ4v) is 2.15. The van der Waals surface area contributed by atoms with Crippen LogP contribution in [0.25, 0.3) is 0 Å². The van der Waals surface area contributed by atoms with E-state index < -0.39 is 5.82 Å². The van der Waals surface area contributed by atoms with Gasteiger partial charge in [0.15, 0.2) is 0 Å². The van der Waals surface area contributed by atoms with E-state index in [1.165, 1.54) is 23.2 Å². The van der Waals surface area contributed by atoms with Gasteiger partial charge in [-0.3, -0.25) is 4.79 Å². The molecule has 0 bridgehead atoms. The minimum absolute atomic E-state index is 0.0854. The number of aromatic nitrogens is 1. The van der Waals surface area contributed by atoms with Gasteiger partial charge in [-0.05, 0) is 40.2 Å². The zero-order valence-electron chi connectivity index (χ0n) is 10.6. The van der Waals surface area contributed by atoms with Crippen molar-refractivity contribution in [2.45, 2.75) is 6.54 Å². The second-order valence-electron chi connectivity index (χ2n) is 4.22. The van der Waals surface area contributed by atoms with Gasteiger partial charge in [0.2, 0.25) is 0 Å². The second-order valence-corrected chi connectivity index (χ2v) is 5.55. The van der Waals surface area contributed by atoms with Crippen molar-refractivity contribution in [2.24, 2.45) is 0 Å². The Kier molecular flexibility index (Phi) is 4.73. The van der Waals surface area contributed by atoms with E-state index in [0.717, 1.165) is 4.47 Å². The van der Waals surface area contributed by atoms with Gasteiger partial charge in [0.05, 0.1) is 6.54 Å². The fraction of sp³-hybridized carbons (Fsp3) is 0.143. The highest BCUT2D eigenvalue weighted by molar-refractivity contribution is 9.10. The Hall–Kier alpha value is -1.46. The maximum absolute atomic E-state index is 13.7. The number of carbonyl (C=O) groups is 1. The molecule has 2 aromatic rings. The summed E-state index contributed by atoms with van der Waals surface area (Å²) in [5.74, 6) is -0.724. The van der Waals surface area contributed by atoms with E-state index in [0.29, 0.717) is 16.3 Å². The van der Waals surface area contributed by atoms with Crippen LogP contribution in [0.15, 0.2) is 41.0 Å². The minimum atomic E-state index is -0.430. The summed E-state index contributed by atoms with van der Waals surface area (Å²) in [5.41, 5.74) is 0.588. The summed E-state index contributed by atoms with van der Waals surface area (Å²) in [6.07, 6.45) is 1.54. The predicted octanol–water partition coefficient (Wildman–Crippen LogP) is 3.91. The van der Waals surface area contributed by atoms with Crippen LogP contribution in [0.2, 0.25) is 5.02 Å². The molecule has 0 fully saturated rings. The van der Waals surface area contributed by atoms with Crippen molar-refractivity contribution in [3.8, 4) is 0 Å². The van der Waals surface area contributed by atoms with Crippen LogP contribution in [0.3, 0.4) is 0 Å². The van der Waals surface area contributed by atoms with Crippen LogP contribution in [-0.2, 0) is 6.54 Å². The average molecular weight is 358 g/mol. The third kappa shape index (κ3) is 3.35. The molecule has 1 aromatic heterocycles. The number of hydrogen-bond donors (Lipinski definition) is 0. The van der Waals surface area contributed by atoms with E-state index in [1.807, 2.05) is 0 Å². The van der Waals surface area contributed by atoms with E-state index in [2.05, 4.69) is 20.9 Å². The van der Waals surface area contributed by atoms with Crippen molar-refractivity contribution in [1.29, 1.82) is 0 Å². The summed E-state index contributed by atoms with van der Waals surface area (Å²) < 4.78 is 14.5. The minimum Gasteiger partial charge on any atom is -0.336 e. The van der Waals surface area contributed by atoms with E-state index >= 15 is 0 Å². The van der Waals surface area contributed by atoms with E-state index in [4.69, 9.17) is 11.6 Å². The Balaban J connectivity index is 2.17. The smallest absolute Gasteiger partial charge is 0.272 e. The molecule has 6 heteroatoms. The molecule has 0 N–H and O–H groups in total. The second kappa shape index (κ2) is 6.33. The number of rotatable bonds is 3. The molecular formula is C14H11BrClFN2O. The molecule has 0 spiro atoms. The SMILES string of the molecule is CN(Cc1c(F)cccc1Cl)C(=O)c1ccc(Br)cn1. The van der Waals surface area contributed by atoms with Gasteiger partial charge in [0.1, 0.15) is 11.5 Å². The molecule has 0 saturated heterocycles. The van der Waals surface area contributed by atoms with Crippen LogP contribution in [-0.4, -0.2) is 22.8 Å². The standard InChI is InChI=1S/C14H11BrClFN2O/c1-19(8-10-11(16)3-2-4-12(10)17)14(20)13-6-5-9(15)7-18-13/h2-7H,8H2,1H3. The van der Waals surface area contributed by atoms with Crippen molar-refractivity contribution >= 4 is 33.4 Å². The summed E-state index contributed by atoms with van der Waals surface area (Å²) >= 11 is 9.20. The quantitative estimate of drug-likeness (QED) is 0.834. The highest BCUT2D eigenvalue weighted by Gasteiger charge is 2.16. The first-order chi connectivity index (χ1) is 9.49. The van der Waals surface area contributed by atoms with Crippen molar-refractivity contribution in [3.05, 3.63) is 63.1 Å². The Morgan fingerprint density at radius 3 is 2.75 bits per heavy atom. The summed E-state index contributed by atoms with van der Waals surface area (Å²) in [4.78, 5) is 17.6. The molecule has 2 rings (SSSR count). The summed E-state index contributed by atoms with van der Waals surface area (Å²) in [6.45, 7) is 0.0854. The van der Waals surface area contributed by atoms with Gasteiger partial charge in [-0.15, -0.1) is 0 Å². The maximum atomic E-state index is 13.7. The zero-order valence-corrected chi connectivity index (χ0v) is 12.9. The lowest BCUT2D eigenvalue weighted by Crippen LogP contribution is -2.27. The van der Waals surface area contributed by atoms with Crippen molar-refractivity contribution in [2.75, 3.05) is 7.05 Å². The first kappa shape index (κ1) is 14.9. The molecule has 0 unspecified atom stereocenters. The van der Waals surface area contributed by atoms with Gasteiger partial charge < -0.3 is 4.90 Å². The van der Waals surface area contributed by atoms with Crippen LogP contribution in [0, 0.1) is 5.82 Å². The third-order valence-corrected chi connectivity index (χ3v) is 3.57. The normalized spacial score (nSPS) is 10.4. The van der Waals surface area contributed by atoms with Crippen LogP contribution >= 0.6 is 27.5 Å². The first-order valence-corrected chi connectivity index (χ1v) is 6.96. The molecule has 1 amide bonds. The van der Waals surface area contributed by atoms with Crippen LogP contribution in [0.4, 0.5) is 4.39 Å². The molecule has 3 nitrogen and oxygen atoms in total. The maximum Gasteiger partial charge on any atom is 0.272 e. The molecule has 0 aliphatic carbocycles. The van der Waals surface area contributed by atoms with Gasteiger partial charge >= 0.3 is 0 Å². The molecule has 1 aromatic carbocycles. The zero-order chi connectivity index (χ0) is 14.7.